The second kappa shape index (κ2) is 5.55. The molecule has 2 aromatic rings. The molecular weight excluding hydrogens is 212 g/mol. The highest BCUT2D eigenvalue weighted by Crippen LogP contribution is 2.27. The molecule has 0 saturated heterocycles. The van der Waals surface area contributed by atoms with Crippen molar-refractivity contribution in [3.05, 3.63) is 42.6 Å². The Labute approximate surface area is 101 Å². The molecule has 1 aromatic heterocycles. The van der Waals surface area contributed by atoms with Crippen LogP contribution in [-0.4, -0.2) is 25.2 Å². The predicted octanol–water partition coefficient (Wildman–Crippen LogP) is 2.95. The topological polar surface area (TPSA) is 37.0 Å². The van der Waals surface area contributed by atoms with Crippen LogP contribution in [0.2, 0.25) is 0 Å². The largest absolute Gasteiger partial charge is 0.386 e. The number of hydrogen-bond acceptors (Lipinski definition) is 2. The first kappa shape index (κ1) is 11.7. The van der Waals surface area contributed by atoms with Crippen LogP contribution in [0.4, 0.5) is 5.69 Å². The summed E-state index contributed by atoms with van der Waals surface area (Å²) >= 11 is 0. The van der Waals surface area contributed by atoms with Gasteiger partial charge in [-0.1, -0.05) is 24.3 Å². The molecule has 2 rings (SSSR count). The van der Waals surface area contributed by atoms with E-state index in [-0.39, 0.29) is 0 Å². The van der Waals surface area contributed by atoms with E-state index < -0.39 is 0 Å². The summed E-state index contributed by atoms with van der Waals surface area (Å²) in [6.07, 6.45) is 2.64. The van der Waals surface area contributed by atoms with E-state index in [0.717, 1.165) is 11.9 Å². The van der Waals surface area contributed by atoms with Gasteiger partial charge in [0.25, 0.3) is 0 Å². The summed E-state index contributed by atoms with van der Waals surface area (Å²) in [6.45, 7) is 4.94. The number of para-hydroxylation sites is 1. The minimum atomic E-state index is 0.606. The number of aromatic amines is 1. The maximum atomic E-state index is 5.42. The summed E-state index contributed by atoms with van der Waals surface area (Å²) in [5.41, 5.74) is 3.52. The van der Waals surface area contributed by atoms with Crippen molar-refractivity contribution in [1.29, 1.82) is 0 Å². The number of ether oxygens (including phenoxy) is 1. The number of hydrogen-bond donors (Lipinski definition) is 2. The van der Waals surface area contributed by atoms with Gasteiger partial charge < -0.3 is 15.0 Å². The summed E-state index contributed by atoms with van der Waals surface area (Å²) in [6, 6.07) is 8.29. The van der Waals surface area contributed by atoms with Crippen molar-refractivity contribution in [2.24, 2.45) is 0 Å². The summed E-state index contributed by atoms with van der Waals surface area (Å²) < 4.78 is 5.42. The molecule has 0 amide bonds. The maximum absolute atomic E-state index is 5.42. The summed E-state index contributed by atoms with van der Waals surface area (Å²) in [7, 11) is 1.95. The number of benzene rings is 1. The molecular formula is C14H18N2O. The highest BCUT2D eigenvalue weighted by atomic mass is 16.5. The Morgan fingerprint density at radius 2 is 2.24 bits per heavy atom. The number of anilines is 1. The Hall–Kier alpha value is -1.74. The molecule has 3 heteroatoms. The van der Waals surface area contributed by atoms with Crippen molar-refractivity contribution in [2.45, 2.75) is 6.42 Å². The van der Waals surface area contributed by atoms with E-state index in [2.05, 4.69) is 35.1 Å². The maximum Gasteiger partial charge on any atom is 0.0645 e. The average Bonchev–Trinajstić information content (AvgIpc) is 2.72. The van der Waals surface area contributed by atoms with Crippen LogP contribution in [0.1, 0.15) is 5.69 Å². The van der Waals surface area contributed by atoms with Gasteiger partial charge in [-0.15, -0.1) is 6.58 Å². The molecule has 90 valence electrons. The third kappa shape index (κ3) is 2.50. The van der Waals surface area contributed by atoms with Crippen molar-refractivity contribution in [1.82, 2.24) is 4.98 Å². The zero-order valence-electron chi connectivity index (χ0n) is 10.1. The fourth-order valence-corrected chi connectivity index (χ4v) is 2.01. The molecule has 0 bridgehead atoms. The quantitative estimate of drug-likeness (QED) is 0.591. The van der Waals surface area contributed by atoms with Crippen molar-refractivity contribution >= 4 is 16.6 Å². The van der Waals surface area contributed by atoms with Crippen molar-refractivity contribution in [3.8, 4) is 0 Å². The second-order valence-corrected chi connectivity index (χ2v) is 3.89. The van der Waals surface area contributed by atoms with Crippen molar-refractivity contribution < 1.29 is 4.74 Å². The molecule has 0 aliphatic heterocycles. The monoisotopic (exact) mass is 230 g/mol. The molecule has 2 N–H and O–H groups in total. The number of nitrogens with one attached hydrogen (secondary N) is 2. The van der Waals surface area contributed by atoms with Crippen LogP contribution in [0.15, 0.2) is 36.9 Å². The molecule has 0 spiro atoms. The third-order valence-corrected chi connectivity index (χ3v) is 2.77. The lowest BCUT2D eigenvalue weighted by atomic mass is 10.2. The van der Waals surface area contributed by atoms with Gasteiger partial charge in [-0.05, 0) is 6.07 Å². The molecule has 1 aromatic carbocycles. The molecule has 0 fully saturated rings. The molecule has 17 heavy (non-hydrogen) atoms. The van der Waals surface area contributed by atoms with E-state index >= 15 is 0 Å². The lowest BCUT2D eigenvalue weighted by Crippen LogP contribution is -2.01. The van der Waals surface area contributed by atoms with E-state index in [4.69, 9.17) is 4.74 Å². The van der Waals surface area contributed by atoms with Gasteiger partial charge in [0.2, 0.25) is 0 Å². The van der Waals surface area contributed by atoms with E-state index in [0.29, 0.717) is 13.2 Å². The SMILES string of the molecule is C=CCOCCc1[nH]c2ccccc2c1NC. The fourth-order valence-electron chi connectivity index (χ4n) is 2.01. The Balaban J connectivity index is 2.18. The Morgan fingerprint density at radius 1 is 1.41 bits per heavy atom. The smallest absolute Gasteiger partial charge is 0.0645 e. The van der Waals surface area contributed by atoms with E-state index in [1.807, 2.05) is 13.1 Å². The van der Waals surface area contributed by atoms with Gasteiger partial charge >= 0.3 is 0 Å². The lowest BCUT2D eigenvalue weighted by Gasteiger charge is -2.04. The van der Waals surface area contributed by atoms with Crippen LogP contribution in [0, 0.1) is 0 Å². The molecule has 0 unspecified atom stereocenters. The predicted molar refractivity (Wildman–Crippen MR) is 72.6 cm³/mol. The summed E-state index contributed by atoms with van der Waals surface area (Å²) in [5, 5.41) is 4.48. The van der Waals surface area contributed by atoms with Gasteiger partial charge in [-0.25, -0.2) is 0 Å². The first-order valence-electron chi connectivity index (χ1n) is 5.82. The first-order valence-corrected chi connectivity index (χ1v) is 5.82. The molecule has 0 radical (unpaired) electrons. The highest BCUT2D eigenvalue weighted by molar-refractivity contribution is 5.94. The number of aromatic nitrogens is 1. The molecule has 0 aliphatic carbocycles. The summed E-state index contributed by atoms with van der Waals surface area (Å²) in [5.74, 6) is 0. The lowest BCUT2D eigenvalue weighted by molar-refractivity contribution is 0.165. The first-order chi connectivity index (χ1) is 8.36. The van der Waals surface area contributed by atoms with Crippen LogP contribution in [0.3, 0.4) is 0 Å². The van der Waals surface area contributed by atoms with Crippen LogP contribution in [0.25, 0.3) is 10.9 Å². The Bertz CT molecular complexity index is 502. The number of H-pyrrole nitrogens is 1. The number of rotatable bonds is 6. The minimum absolute atomic E-state index is 0.606. The van der Waals surface area contributed by atoms with Gasteiger partial charge in [-0.3, -0.25) is 0 Å². The minimum Gasteiger partial charge on any atom is -0.386 e. The molecule has 0 saturated carbocycles. The standard InChI is InChI=1S/C14H18N2O/c1-3-9-17-10-8-13-14(15-2)11-6-4-5-7-12(11)16-13/h3-7,15-16H,1,8-10H2,2H3. The van der Waals surface area contributed by atoms with Crippen LogP contribution in [-0.2, 0) is 11.2 Å². The summed E-state index contributed by atoms with van der Waals surface area (Å²) in [4.78, 5) is 3.42. The molecule has 3 nitrogen and oxygen atoms in total. The highest BCUT2D eigenvalue weighted by Gasteiger charge is 2.08. The Kier molecular flexibility index (Phi) is 3.83. The molecule has 0 atom stereocenters. The van der Waals surface area contributed by atoms with Crippen LogP contribution >= 0.6 is 0 Å². The zero-order chi connectivity index (χ0) is 12.1. The van der Waals surface area contributed by atoms with Gasteiger partial charge in [0.15, 0.2) is 0 Å². The van der Waals surface area contributed by atoms with E-state index in [1.165, 1.54) is 16.8 Å². The van der Waals surface area contributed by atoms with Gasteiger partial charge in [0, 0.05) is 30.1 Å². The van der Waals surface area contributed by atoms with Gasteiger partial charge in [-0.2, -0.15) is 0 Å². The Morgan fingerprint density at radius 3 is 3.00 bits per heavy atom. The van der Waals surface area contributed by atoms with Crippen LogP contribution < -0.4 is 5.32 Å². The second-order valence-electron chi connectivity index (χ2n) is 3.89. The molecule has 0 aliphatic rings. The van der Waals surface area contributed by atoms with Gasteiger partial charge in [0.1, 0.15) is 0 Å². The zero-order valence-corrected chi connectivity index (χ0v) is 10.1. The average molecular weight is 230 g/mol. The van der Waals surface area contributed by atoms with Crippen molar-refractivity contribution in [2.75, 3.05) is 25.6 Å². The van der Waals surface area contributed by atoms with Crippen LogP contribution in [0.5, 0.6) is 0 Å². The van der Waals surface area contributed by atoms with E-state index in [1.54, 1.807) is 6.08 Å². The molecule has 1 heterocycles. The van der Waals surface area contributed by atoms with E-state index in [9.17, 15) is 0 Å². The van der Waals surface area contributed by atoms with Gasteiger partial charge in [0.05, 0.1) is 18.9 Å². The normalized spacial score (nSPS) is 10.6. The number of fused-ring (bicyclic) bond motifs is 1. The van der Waals surface area contributed by atoms with Crippen molar-refractivity contribution in [3.63, 3.8) is 0 Å². The fraction of sp³-hybridized carbons (Fsp3) is 0.286. The third-order valence-electron chi connectivity index (χ3n) is 2.77.